The van der Waals surface area contributed by atoms with Gasteiger partial charge in [0, 0.05) is 10.6 Å². The Hall–Kier alpha value is -2.04. The fourth-order valence-electron chi connectivity index (χ4n) is 4.05. The van der Waals surface area contributed by atoms with Crippen molar-refractivity contribution in [2.45, 2.75) is 31.1 Å². The SMILES string of the molecule is C[C@@H]1SC2=NC3=C(CCc4ccccc43)[C@H](c3ccc(Cl)cc3)N2C1=O. The van der Waals surface area contributed by atoms with Gasteiger partial charge in [-0.1, -0.05) is 59.8 Å². The van der Waals surface area contributed by atoms with Crippen LogP contribution in [0.3, 0.4) is 0 Å². The molecular weight excluding hydrogens is 364 g/mol. The molecule has 5 rings (SSSR count). The van der Waals surface area contributed by atoms with E-state index < -0.39 is 0 Å². The Morgan fingerprint density at radius 1 is 1.12 bits per heavy atom. The molecule has 0 saturated carbocycles. The normalized spacial score (nSPS) is 24.2. The number of carbonyl (C=O) groups excluding carboxylic acids is 1. The smallest absolute Gasteiger partial charge is 0.242 e. The van der Waals surface area contributed by atoms with E-state index in [1.54, 1.807) is 11.8 Å². The zero-order chi connectivity index (χ0) is 17.8. The maximum Gasteiger partial charge on any atom is 0.242 e. The summed E-state index contributed by atoms with van der Waals surface area (Å²) < 4.78 is 0. The Kier molecular flexibility index (Phi) is 3.73. The third kappa shape index (κ3) is 2.36. The number of benzene rings is 2. The molecule has 3 aliphatic rings. The number of amides is 1. The standard InChI is InChI=1S/C21H17ClN2OS/c1-12-20(25)24-19(14-6-9-15(22)10-7-14)17-11-8-13-4-2-3-5-16(13)18(17)23-21(24)26-12/h2-7,9-10,12,19H,8,11H2,1H3/t12-,19-/m0/s1. The first-order valence-electron chi connectivity index (χ1n) is 8.78. The maximum absolute atomic E-state index is 12.9. The van der Waals surface area contributed by atoms with Crippen molar-refractivity contribution in [2.75, 3.05) is 0 Å². The Morgan fingerprint density at radius 3 is 2.69 bits per heavy atom. The fraction of sp³-hybridized carbons (Fsp3) is 0.238. The Bertz CT molecular complexity index is 980. The third-order valence-corrected chi connectivity index (χ3v) is 6.60. The van der Waals surface area contributed by atoms with E-state index in [0.29, 0.717) is 5.02 Å². The van der Waals surface area contributed by atoms with Crippen LogP contribution in [0.2, 0.25) is 5.02 Å². The lowest BCUT2D eigenvalue weighted by Crippen LogP contribution is -2.39. The average molecular weight is 381 g/mol. The highest BCUT2D eigenvalue weighted by atomic mass is 35.5. The number of fused-ring (bicyclic) bond motifs is 3. The van der Waals surface area contributed by atoms with Crippen LogP contribution in [0, 0.1) is 0 Å². The molecule has 2 aliphatic heterocycles. The van der Waals surface area contributed by atoms with Gasteiger partial charge in [-0.25, -0.2) is 4.99 Å². The molecule has 1 fully saturated rings. The zero-order valence-electron chi connectivity index (χ0n) is 14.3. The van der Waals surface area contributed by atoms with Crippen LogP contribution in [-0.4, -0.2) is 21.2 Å². The monoisotopic (exact) mass is 380 g/mol. The van der Waals surface area contributed by atoms with Gasteiger partial charge in [0.1, 0.15) is 0 Å². The molecule has 0 bridgehead atoms. The molecule has 3 nitrogen and oxygen atoms in total. The van der Waals surface area contributed by atoms with E-state index in [2.05, 4.69) is 24.3 Å². The first kappa shape index (κ1) is 16.2. The van der Waals surface area contributed by atoms with Crippen molar-refractivity contribution in [3.8, 4) is 0 Å². The van der Waals surface area contributed by atoms with Gasteiger partial charge in [0.2, 0.25) is 5.91 Å². The summed E-state index contributed by atoms with van der Waals surface area (Å²) in [5.41, 5.74) is 5.91. The first-order valence-corrected chi connectivity index (χ1v) is 10.0. The van der Waals surface area contributed by atoms with Gasteiger partial charge in [-0.15, -0.1) is 0 Å². The average Bonchev–Trinajstić information content (AvgIpc) is 2.94. The number of hydrogen-bond acceptors (Lipinski definition) is 3. The van der Waals surface area contributed by atoms with Gasteiger partial charge in [-0.3, -0.25) is 9.69 Å². The fourth-order valence-corrected chi connectivity index (χ4v) is 5.16. The molecule has 1 aliphatic carbocycles. The molecule has 0 radical (unpaired) electrons. The molecule has 2 heterocycles. The van der Waals surface area contributed by atoms with E-state index in [1.165, 1.54) is 16.7 Å². The van der Waals surface area contributed by atoms with Gasteiger partial charge in [-0.2, -0.15) is 0 Å². The summed E-state index contributed by atoms with van der Waals surface area (Å²) in [6.45, 7) is 1.96. The minimum Gasteiger partial charge on any atom is -0.279 e. The van der Waals surface area contributed by atoms with E-state index in [4.69, 9.17) is 16.6 Å². The molecule has 2 aromatic rings. The predicted octanol–water partition coefficient (Wildman–Crippen LogP) is 5.07. The van der Waals surface area contributed by atoms with Gasteiger partial charge < -0.3 is 0 Å². The van der Waals surface area contributed by atoms with Gasteiger partial charge in [0.25, 0.3) is 0 Å². The van der Waals surface area contributed by atoms with Gasteiger partial charge in [-0.05, 0) is 48.6 Å². The molecule has 26 heavy (non-hydrogen) atoms. The number of rotatable bonds is 1. The van der Waals surface area contributed by atoms with Gasteiger partial charge in [0.05, 0.1) is 17.0 Å². The summed E-state index contributed by atoms with van der Waals surface area (Å²) in [5.74, 6) is 0.138. The van der Waals surface area contributed by atoms with Crippen molar-refractivity contribution < 1.29 is 4.79 Å². The number of nitrogens with zero attached hydrogens (tertiary/aromatic N) is 2. The second-order valence-electron chi connectivity index (χ2n) is 6.85. The summed E-state index contributed by atoms with van der Waals surface area (Å²) in [6.07, 6.45) is 1.90. The quantitative estimate of drug-likeness (QED) is 0.691. The topological polar surface area (TPSA) is 32.7 Å². The molecule has 1 saturated heterocycles. The molecule has 0 aromatic heterocycles. The number of hydrogen-bond donors (Lipinski definition) is 0. The summed E-state index contributed by atoms with van der Waals surface area (Å²) >= 11 is 7.65. The molecular formula is C21H17ClN2OS. The summed E-state index contributed by atoms with van der Waals surface area (Å²) in [7, 11) is 0. The minimum atomic E-state index is -0.0971. The summed E-state index contributed by atoms with van der Waals surface area (Å²) in [5, 5.41) is 1.43. The maximum atomic E-state index is 12.9. The second kappa shape index (κ2) is 6.00. The highest BCUT2D eigenvalue weighted by molar-refractivity contribution is 8.15. The van der Waals surface area contributed by atoms with Crippen LogP contribution in [0.25, 0.3) is 5.70 Å². The number of aryl methyl sites for hydroxylation is 1. The van der Waals surface area contributed by atoms with Crippen molar-refractivity contribution in [2.24, 2.45) is 4.99 Å². The van der Waals surface area contributed by atoms with Gasteiger partial charge in [0.15, 0.2) is 5.17 Å². The van der Waals surface area contributed by atoms with Crippen molar-refractivity contribution in [1.82, 2.24) is 4.90 Å². The summed E-state index contributed by atoms with van der Waals surface area (Å²) in [4.78, 5) is 19.7. The lowest BCUT2D eigenvalue weighted by Gasteiger charge is -2.37. The van der Waals surface area contributed by atoms with Gasteiger partial charge >= 0.3 is 0 Å². The van der Waals surface area contributed by atoms with Crippen LogP contribution in [0.1, 0.15) is 36.1 Å². The van der Waals surface area contributed by atoms with Crippen molar-refractivity contribution in [1.29, 1.82) is 0 Å². The molecule has 1 amide bonds. The molecule has 0 N–H and O–H groups in total. The van der Waals surface area contributed by atoms with E-state index in [9.17, 15) is 4.79 Å². The number of amidine groups is 1. The zero-order valence-corrected chi connectivity index (χ0v) is 15.8. The van der Waals surface area contributed by atoms with Crippen LogP contribution in [0.4, 0.5) is 0 Å². The lowest BCUT2D eigenvalue weighted by molar-refractivity contribution is -0.127. The van der Waals surface area contributed by atoms with Crippen LogP contribution in [0.15, 0.2) is 59.1 Å². The van der Waals surface area contributed by atoms with Crippen molar-refractivity contribution >= 4 is 40.1 Å². The van der Waals surface area contributed by atoms with Crippen LogP contribution < -0.4 is 0 Å². The van der Waals surface area contributed by atoms with Crippen LogP contribution >= 0.6 is 23.4 Å². The number of aliphatic imine (C=N–C) groups is 1. The van der Waals surface area contributed by atoms with Crippen LogP contribution in [-0.2, 0) is 11.2 Å². The predicted molar refractivity (Wildman–Crippen MR) is 107 cm³/mol. The molecule has 5 heteroatoms. The lowest BCUT2D eigenvalue weighted by atomic mass is 9.82. The molecule has 2 atom stereocenters. The number of thioether (sulfide) groups is 1. The Labute approximate surface area is 161 Å². The Balaban J connectivity index is 1.73. The summed E-state index contributed by atoms with van der Waals surface area (Å²) in [6, 6.07) is 16.2. The largest absolute Gasteiger partial charge is 0.279 e. The minimum absolute atomic E-state index is 0.0897. The Morgan fingerprint density at radius 2 is 1.88 bits per heavy atom. The van der Waals surface area contributed by atoms with E-state index >= 15 is 0 Å². The van der Waals surface area contributed by atoms with Crippen molar-refractivity contribution in [3.05, 3.63) is 75.8 Å². The number of carbonyl (C=O) groups is 1. The van der Waals surface area contributed by atoms with E-state index in [0.717, 1.165) is 29.3 Å². The van der Waals surface area contributed by atoms with Crippen molar-refractivity contribution in [3.63, 3.8) is 0 Å². The van der Waals surface area contributed by atoms with Crippen LogP contribution in [0.5, 0.6) is 0 Å². The van der Waals surface area contributed by atoms with E-state index in [1.807, 2.05) is 36.1 Å². The first-order chi connectivity index (χ1) is 12.6. The molecule has 0 unspecified atom stereocenters. The highest BCUT2D eigenvalue weighted by Gasteiger charge is 2.45. The molecule has 0 spiro atoms. The molecule has 130 valence electrons. The highest BCUT2D eigenvalue weighted by Crippen LogP contribution is 2.48. The molecule has 2 aromatic carbocycles. The third-order valence-electron chi connectivity index (χ3n) is 5.30. The second-order valence-corrected chi connectivity index (χ2v) is 8.59. The van der Waals surface area contributed by atoms with E-state index in [-0.39, 0.29) is 17.2 Å². The number of halogens is 1.